The van der Waals surface area contributed by atoms with Gasteiger partial charge in [-0.1, -0.05) is 75.4 Å². The average Bonchev–Trinajstić information content (AvgIpc) is 3.25. The Morgan fingerprint density at radius 1 is 0.879 bits per heavy atom. The van der Waals surface area contributed by atoms with Crippen molar-refractivity contribution in [1.82, 2.24) is 9.47 Å². The first kappa shape index (κ1) is 25.1. The lowest BCUT2D eigenvalue weighted by molar-refractivity contribution is 0.0736. The molecule has 0 saturated carbocycles. The number of unbranched alkanes of at least 4 members (excludes halogenated alkanes) is 4. The van der Waals surface area contributed by atoms with Gasteiger partial charge in [-0.15, -0.1) is 0 Å². The molecule has 0 radical (unpaired) electrons. The zero-order chi connectivity index (χ0) is 23.5. The molecule has 0 aliphatic rings. The Labute approximate surface area is 204 Å². The molecule has 33 heavy (non-hydrogen) atoms. The number of nitrogens with zero attached hydrogens (tertiary/aromatic N) is 2. The van der Waals surface area contributed by atoms with Crippen molar-refractivity contribution in [3.05, 3.63) is 94.3 Å². The molecule has 0 saturated heterocycles. The summed E-state index contributed by atoms with van der Waals surface area (Å²) in [6, 6.07) is 20.4. The Balaban J connectivity index is 1.72. The van der Waals surface area contributed by atoms with E-state index in [0.717, 1.165) is 60.6 Å². The molecule has 0 aliphatic carbocycles. The average molecular weight is 465 g/mol. The Bertz CT molecular complexity index is 993. The molecule has 3 nitrogen and oxygen atoms in total. The number of rotatable bonds is 13. The maximum Gasteiger partial charge on any atom is 0.254 e. The van der Waals surface area contributed by atoms with E-state index < -0.39 is 0 Å². The van der Waals surface area contributed by atoms with Gasteiger partial charge in [0.1, 0.15) is 0 Å². The summed E-state index contributed by atoms with van der Waals surface area (Å²) < 4.78 is 2.21. The lowest BCUT2D eigenvalue weighted by atomic mass is 10.0. The van der Waals surface area contributed by atoms with Crippen LogP contribution in [0.25, 0.3) is 0 Å². The third-order valence-corrected chi connectivity index (χ3v) is 6.34. The second-order valence-corrected chi connectivity index (χ2v) is 9.28. The minimum absolute atomic E-state index is 0.113. The number of hydrogen-bond acceptors (Lipinski definition) is 1. The van der Waals surface area contributed by atoms with Crippen molar-refractivity contribution < 1.29 is 4.79 Å². The SMILES string of the molecule is CCCCCc1ccc(C(=O)N(CCCCC)Cc2cccn2Cc2cccc(Cl)c2)cc1. The van der Waals surface area contributed by atoms with E-state index in [4.69, 9.17) is 11.6 Å². The van der Waals surface area contributed by atoms with Crippen LogP contribution in [0.3, 0.4) is 0 Å². The summed E-state index contributed by atoms with van der Waals surface area (Å²) in [6.45, 7) is 6.54. The van der Waals surface area contributed by atoms with Crippen molar-refractivity contribution in [1.29, 1.82) is 0 Å². The Hall–Kier alpha value is -2.52. The van der Waals surface area contributed by atoms with Gasteiger partial charge in [0.15, 0.2) is 0 Å². The number of carbonyl (C=O) groups excluding carboxylic acids is 1. The maximum atomic E-state index is 13.5. The summed E-state index contributed by atoms with van der Waals surface area (Å²) in [7, 11) is 0. The Morgan fingerprint density at radius 2 is 1.64 bits per heavy atom. The molecule has 0 aliphatic heterocycles. The number of aromatic nitrogens is 1. The number of carbonyl (C=O) groups is 1. The van der Waals surface area contributed by atoms with Gasteiger partial charge < -0.3 is 9.47 Å². The first-order chi connectivity index (χ1) is 16.1. The number of benzene rings is 2. The molecule has 1 heterocycles. The van der Waals surface area contributed by atoms with E-state index in [1.807, 2.05) is 35.2 Å². The molecule has 0 fully saturated rings. The van der Waals surface area contributed by atoms with Gasteiger partial charge in [-0.05, 0) is 66.8 Å². The van der Waals surface area contributed by atoms with Gasteiger partial charge >= 0.3 is 0 Å². The van der Waals surface area contributed by atoms with Crippen LogP contribution in [0.15, 0.2) is 66.9 Å². The van der Waals surface area contributed by atoms with Gasteiger partial charge in [0.05, 0.1) is 6.54 Å². The zero-order valence-corrected chi connectivity index (χ0v) is 20.9. The van der Waals surface area contributed by atoms with Crippen LogP contribution < -0.4 is 0 Å². The van der Waals surface area contributed by atoms with Crippen molar-refractivity contribution in [3.63, 3.8) is 0 Å². The molecule has 2 aromatic carbocycles. The van der Waals surface area contributed by atoms with Gasteiger partial charge in [-0.2, -0.15) is 0 Å². The minimum atomic E-state index is 0.113. The molecule has 3 aromatic rings. The minimum Gasteiger partial charge on any atom is -0.345 e. The van der Waals surface area contributed by atoms with Crippen LogP contribution >= 0.6 is 11.6 Å². The first-order valence-electron chi connectivity index (χ1n) is 12.4. The van der Waals surface area contributed by atoms with Gasteiger partial charge in [0.25, 0.3) is 5.91 Å². The maximum absolute atomic E-state index is 13.5. The number of aryl methyl sites for hydroxylation is 1. The molecule has 3 rings (SSSR count). The quantitative estimate of drug-likeness (QED) is 0.237. The molecule has 0 atom stereocenters. The predicted molar refractivity (Wildman–Crippen MR) is 139 cm³/mol. The summed E-state index contributed by atoms with van der Waals surface area (Å²) in [4.78, 5) is 15.5. The molecule has 0 N–H and O–H groups in total. The zero-order valence-electron chi connectivity index (χ0n) is 20.1. The van der Waals surface area contributed by atoms with Crippen molar-refractivity contribution in [2.75, 3.05) is 6.54 Å². The van der Waals surface area contributed by atoms with Crippen LogP contribution in [0.5, 0.6) is 0 Å². The number of amides is 1. The first-order valence-corrected chi connectivity index (χ1v) is 12.7. The summed E-state index contributed by atoms with van der Waals surface area (Å²) >= 11 is 6.17. The second-order valence-electron chi connectivity index (χ2n) is 8.85. The van der Waals surface area contributed by atoms with Crippen molar-refractivity contribution in [2.24, 2.45) is 0 Å². The fraction of sp³-hybridized carbons (Fsp3) is 0.414. The van der Waals surface area contributed by atoms with E-state index in [1.165, 1.54) is 24.8 Å². The number of hydrogen-bond donors (Lipinski definition) is 0. The fourth-order valence-corrected chi connectivity index (χ4v) is 4.37. The lowest BCUT2D eigenvalue weighted by Gasteiger charge is -2.24. The van der Waals surface area contributed by atoms with Crippen molar-refractivity contribution >= 4 is 17.5 Å². The highest BCUT2D eigenvalue weighted by Crippen LogP contribution is 2.17. The monoisotopic (exact) mass is 464 g/mol. The van der Waals surface area contributed by atoms with Crippen LogP contribution in [-0.4, -0.2) is 21.9 Å². The van der Waals surface area contributed by atoms with Gasteiger partial charge in [0, 0.05) is 35.6 Å². The molecule has 1 amide bonds. The van der Waals surface area contributed by atoms with E-state index in [9.17, 15) is 4.79 Å². The normalized spacial score (nSPS) is 11.0. The highest BCUT2D eigenvalue weighted by Gasteiger charge is 2.17. The van der Waals surface area contributed by atoms with Gasteiger partial charge in [-0.3, -0.25) is 4.79 Å². The highest BCUT2D eigenvalue weighted by molar-refractivity contribution is 6.30. The van der Waals surface area contributed by atoms with Crippen LogP contribution in [0.2, 0.25) is 5.02 Å². The van der Waals surface area contributed by atoms with Crippen LogP contribution in [0, 0.1) is 0 Å². The molecule has 0 unspecified atom stereocenters. The second kappa shape index (κ2) is 13.3. The molecule has 1 aromatic heterocycles. The smallest absolute Gasteiger partial charge is 0.254 e. The molecular formula is C29H37ClN2O. The predicted octanol–water partition coefficient (Wildman–Crippen LogP) is 7.76. The molecular weight excluding hydrogens is 428 g/mol. The van der Waals surface area contributed by atoms with Crippen LogP contribution in [0.4, 0.5) is 0 Å². The summed E-state index contributed by atoms with van der Waals surface area (Å²) in [6.07, 6.45) is 10.1. The van der Waals surface area contributed by atoms with Gasteiger partial charge in [-0.25, -0.2) is 0 Å². The van der Waals surface area contributed by atoms with Crippen molar-refractivity contribution in [2.45, 2.75) is 71.9 Å². The topological polar surface area (TPSA) is 25.2 Å². The van der Waals surface area contributed by atoms with E-state index >= 15 is 0 Å². The number of halogens is 1. The summed E-state index contributed by atoms with van der Waals surface area (Å²) in [5, 5.41) is 0.746. The van der Waals surface area contributed by atoms with Crippen LogP contribution in [-0.2, 0) is 19.5 Å². The third kappa shape index (κ3) is 7.78. The van der Waals surface area contributed by atoms with E-state index in [0.29, 0.717) is 6.54 Å². The largest absolute Gasteiger partial charge is 0.345 e. The molecule has 4 heteroatoms. The highest BCUT2D eigenvalue weighted by atomic mass is 35.5. The fourth-order valence-electron chi connectivity index (χ4n) is 4.16. The van der Waals surface area contributed by atoms with Crippen molar-refractivity contribution in [3.8, 4) is 0 Å². The Kier molecular flexibility index (Phi) is 10.1. The van der Waals surface area contributed by atoms with Crippen LogP contribution in [0.1, 0.15) is 79.6 Å². The van der Waals surface area contributed by atoms with E-state index in [-0.39, 0.29) is 5.91 Å². The van der Waals surface area contributed by atoms with Gasteiger partial charge in [0.2, 0.25) is 0 Å². The van der Waals surface area contributed by atoms with E-state index in [2.05, 4.69) is 54.9 Å². The molecule has 0 spiro atoms. The van der Waals surface area contributed by atoms with E-state index in [1.54, 1.807) is 0 Å². The molecule has 0 bridgehead atoms. The Morgan fingerprint density at radius 3 is 2.36 bits per heavy atom. The lowest BCUT2D eigenvalue weighted by Crippen LogP contribution is -2.32. The summed E-state index contributed by atoms with van der Waals surface area (Å²) in [5.41, 5.74) is 4.38. The molecule has 176 valence electrons. The summed E-state index contributed by atoms with van der Waals surface area (Å²) in [5.74, 6) is 0.113. The third-order valence-electron chi connectivity index (χ3n) is 6.11. The standard InChI is InChI=1S/C29H37ClN2O/c1-3-5-7-11-24-15-17-26(18-16-24)29(33)32(19-8-6-4-2)23-28-14-10-20-31(28)22-25-12-9-13-27(30)21-25/h9-10,12-18,20-21H,3-8,11,19,22-23H2,1-2H3.